The maximum Gasteiger partial charge on any atom is 0.308 e. The molecule has 0 spiro atoms. The number of rotatable bonds is 7. The molecular weight excluding hydrogens is 442 g/mol. The Morgan fingerprint density at radius 3 is 2.45 bits per heavy atom. The number of hydrogen-bond acceptors (Lipinski definition) is 6. The van der Waals surface area contributed by atoms with E-state index in [1.54, 1.807) is 25.2 Å². The number of hydrogen-bond donors (Lipinski definition) is 3. The highest BCUT2D eigenvalue weighted by Gasteiger charge is 2.16. The number of nitrogens with one attached hydrogen (secondary N) is 2. The Bertz CT molecular complexity index is 1340. The fourth-order valence-corrected chi connectivity index (χ4v) is 3.62. The molecule has 4 aromatic rings. The summed E-state index contributed by atoms with van der Waals surface area (Å²) in [7, 11) is 1.65. The van der Waals surface area contributed by atoms with Crippen LogP contribution in [0.2, 0.25) is 5.15 Å². The van der Waals surface area contributed by atoms with Crippen molar-refractivity contribution in [3.05, 3.63) is 88.5 Å². The fraction of sp³-hybridized carbons (Fsp3) is 0.125. The molecule has 0 fully saturated rings. The van der Waals surface area contributed by atoms with E-state index in [1.165, 1.54) is 0 Å². The van der Waals surface area contributed by atoms with Crippen molar-refractivity contribution < 1.29 is 14.7 Å². The maximum atomic E-state index is 12.6. The van der Waals surface area contributed by atoms with Crippen molar-refractivity contribution in [1.82, 2.24) is 15.0 Å². The van der Waals surface area contributed by atoms with Crippen molar-refractivity contribution >= 4 is 45.9 Å². The molecule has 8 nitrogen and oxygen atoms in total. The lowest BCUT2D eigenvalue weighted by atomic mass is 10.1. The van der Waals surface area contributed by atoms with E-state index in [1.807, 2.05) is 42.5 Å². The highest BCUT2D eigenvalue weighted by Crippen LogP contribution is 2.23. The molecular formula is C24H20ClN5O3. The van der Waals surface area contributed by atoms with Gasteiger partial charge in [-0.25, -0.2) is 15.0 Å². The largest absolute Gasteiger partial charge is 0.481 e. The second-order valence-corrected chi connectivity index (χ2v) is 7.65. The minimum absolute atomic E-state index is 0.110. The molecule has 2 aromatic heterocycles. The lowest BCUT2D eigenvalue weighted by Crippen LogP contribution is -2.13. The van der Waals surface area contributed by atoms with Gasteiger partial charge in [-0.1, -0.05) is 48.0 Å². The quantitative estimate of drug-likeness (QED) is 0.353. The van der Waals surface area contributed by atoms with Crippen molar-refractivity contribution in [3.63, 3.8) is 0 Å². The second kappa shape index (κ2) is 9.62. The van der Waals surface area contributed by atoms with E-state index in [4.69, 9.17) is 16.7 Å². The standard InChI is InChI=1S/C24H20ClN5O3/c1-26-23-17(13-21(31)32)22(25)29-20(30-23)12-14-6-9-16(10-7-14)27-24(33)19-11-8-15-4-2-3-5-18(15)28-19/h2-11H,12-13H2,1H3,(H,27,33)(H,31,32)(H,26,29,30). The second-order valence-electron chi connectivity index (χ2n) is 7.30. The number of aliphatic carboxylic acids is 1. The van der Waals surface area contributed by atoms with Gasteiger partial charge in [0.25, 0.3) is 5.91 Å². The molecule has 0 aliphatic heterocycles. The molecule has 1 amide bonds. The number of carboxylic acids is 1. The summed E-state index contributed by atoms with van der Waals surface area (Å²) in [6, 6.07) is 18.5. The van der Waals surface area contributed by atoms with Crippen molar-refractivity contribution in [3.8, 4) is 0 Å². The average Bonchev–Trinajstić information content (AvgIpc) is 2.81. The SMILES string of the molecule is CNc1nc(Cc2ccc(NC(=O)c3ccc4ccccc4n3)cc2)nc(Cl)c1CC(=O)O. The van der Waals surface area contributed by atoms with Gasteiger partial charge in [-0.3, -0.25) is 9.59 Å². The van der Waals surface area contributed by atoms with Crippen molar-refractivity contribution in [2.75, 3.05) is 17.7 Å². The van der Waals surface area contributed by atoms with Crippen LogP contribution in [-0.4, -0.2) is 39.0 Å². The third-order valence-corrected chi connectivity index (χ3v) is 5.29. The van der Waals surface area contributed by atoms with Crippen LogP contribution in [0.5, 0.6) is 0 Å². The molecule has 0 saturated carbocycles. The van der Waals surface area contributed by atoms with E-state index in [2.05, 4.69) is 25.6 Å². The van der Waals surface area contributed by atoms with Crippen molar-refractivity contribution in [1.29, 1.82) is 0 Å². The third-order valence-electron chi connectivity index (χ3n) is 4.97. The average molecular weight is 462 g/mol. The van der Waals surface area contributed by atoms with Gasteiger partial charge >= 0.3 is 5.97 Å². The van der Waals surface area contributed by atoms with Crippen LogP contribution >= 0.6 is 11.6 Å². The van der Waals surface area contributed by atoms with Crippen LogP contribution in [0.15, 0.2) is 60.7 Å². The number of halogens is 1. The lowest BCUT2D eigenvalue weighted by molar-refractivity contribution is -0.136. The van der Waals surface area contributed by atoms with Crippen LogP contribution in [-0.2, 0) is 17.6 Å². The van der Waals surface area contributed by atoms with Crippen LogP contribution in [0.3, 0.4) is 0 Å². The summed E-state index contributed by atoms with van der Waals surface area (Å²) in [6.07, 6.45) is 0.123. The molecule has 2 heterocycles. The first kappa shape index (κ1) is 22.2. The van der Waals surface area contributed by atoms with E-state index >= 15 is 0 Å². The predicted molar refractivity (Wildman–Crippen MR) is 127 cm³/mol. The number of aromatic nitrogens is 3. The van der Waals surface area contributed by atoms with Gasteiger partial charge in [0.05, 0.1) is 11.9 Å². The molecule has 4 rings (SSSR count). The van der Waals surface area contributed by atoms with Crippen LogP contribution in [0, 0.1) is 0 Å². The highest BCUT2D eigenvalue weighted by atomic mass is 35.5. The van der Waals surface area contributed by atoms with Gasteiger partial charge in [0, 0.05) is 30.1 Å². The molecule has 0 unspecified atom stereocenters. The summed E-state index contributed by atoms with van der Waals surface area (Å²) in [6.45, 7) is 0. The van der Waals surface area contributed by atoms with Gasteiger partial charge in [-0.05, 0) is 29.8 Å². The molecule has 9 heteroatoms. The number of carbonyl (C=O) groups excluding carboxylic acids is 1. The molecule has 0 atom stereocenters. The van der Waals surface area contributed by atoms with E-state index in [-0.39, 0.29) is 17.5 Å². The van der Waals surface area contributed by atoms with Crippen LogP contribution in [0.4, 0.5) is 11.5 Å². The minimum Gasteiger partial charge on any atom is -0.481 e. The topological polar surface area (TPSA) is 117 Å². The molecule has 33 heavy (non-hydrogen) atoms. The van der Waals surface area contributed by atoms with Crippen molar-refractivity contribution in [2.24, 2.45) is 0 Å². The Labute approximate surface area is 194 Å². The number of benzene rings is 2. The van der Waals surface area contributed by atoms with Crippen LogP contribution in [0.25, 0.3) is 10.9 Å². The highest BCUT2D eigenvalue weighted by molar-refractivity contribution is 6.30. The summed E-state index contributed by atoms with van der Waals surface area (Å²) in [4.78, 5) is 36.7. The monoisotopic (exact) mass is 461 g/mol. The number of nitrogens with zero attached hydrogens (tertiary/aromatic N) is 3. The molecule has 0 aliphatic rings. The Morgan fingerprint density at radius 1 is 0.970 bits per heavy atom. The lowest BCUT2D eigenvalue weighted by Gasteiger charge is -2.11. The first-order chi connectivity index (χ1) is 15.9. The van der Waals surface area contributed by atoms with Crippen LogP contribution < -0.4 is 10.6 Å². The Balaban J connectivity index is 1.46. The maximum absolute atomic E-state index is 12.6. The number of carboxylic acid groups (broad SMARTS) is 1. The van der Waals surface area contributed by atoms with Gasteiger partial charge in [-0.15, -0.1) is 0 Å². The number of para-hydroxylation sites is 1. The van der Waals surface area contributed by atoms with E-state index in [9.17, 15) is 9.59 Å². The van der Waals surface area contributed by atoms with E-state index in [0.29, 0.717) is 35.0 Å². The number of carbonyl (C=O) groups is 2. The molecule has 0 aliphatic carbocycles. The van der Waals surface area contributed by atoms with Crippen molar-refractivity contribution in [2.45, 2.75) is 12.8 Å². The molecule has 3 N–H and O–H groups in total. The molecule has 0 saturated heterocycles. The first-order valence-corrected chi connectivity index (χ1v) is 10.5. The molecule has 2 aromatic carbocycles. The predicted octanol–water partition coefficient (Wildman–Crippen LogP) is 4.19. The molecule has 0 bridgehead atoms. The van der Waals surface area contributed by atoms with Gasteiger partial charge in [0.2, 0.25) is 0 Å². The molecule has 0 radical (unpaired) electrons. The van der Waals surface area contributed by atoms with Gasteiger partial charge in [0.15, 0.2) is 0 Å². The zero-order valence-corrected chi connectivity index (χ0v) is 18.4. The normalized spacial score (nSPS) is 10.7. The Hall–Kier alpha value is -4.04. The minimum atomic E-state index is -1.01. The fourth-order valence-electron chi connectivity index (χ4n) is 3.37. The van der Waals surface area contributed by atoms with Gasteiger partial charge < -0.3 is 15.7 Å². The number of pyridine rings is 1. The summed E-state index contributed by atoms with van der Waals surface area (Å²) in [5.41, 5.74) is 2.97. The zero-order valence-electron chi connectivity index (χ0n) is 17.7. The Kier molecular flexibility index (Phi) is 6.46. The number of fused-ring (bicyclic) bond motifs is 1. The summed E-state index contributed by atoms with van der Waals surface area (Å²) in [5.74, 6) is -0.465. The number of amides is 1. The van der Waals surface area contributed by atoms with Crippen LogP contribution in [0.1, 0.15) is 27.4 Å². The van der Waals surface area contributed by atoms with E-state index < -0.39 is 5.97 Å². The van der Waals surface area contributed by atoms with Gasteiger partial charge in [0.1, 0.15) is 22.5 Å². The first-order valence-electron chi connectivity index (χ1n) is 10.1. The summed E-state index contributed by atoms with van der Waals surface area (Å²) in [5, 5.41) is 15.8. The van der Waals surface area contributed by atoms with E-state index in [0.717, 1.165) is 16.5 Å². The Morgan fingerprint density at radius 2 is 1.73 bits per heavy atom. The summed E-state index contributed by atoms with van der Waals surface area (Å²) < 4.78 is 0. The summed E-state index contributed by atoms with van der Waals surface area (Å²) >= 11 is 6.19. The third kappa shape index (κ3) is 5.24. The van der Waals surface area contributed by atoms with Gasteiger partial charge in [-0.2, -0.15) is 0 Å². The smallest absolute Gasteiger partial charge is 0.308 e. The molecule has 166 valence electrons. The zero-order chi connectivity index (χ0) is 23.4. The number of anilines is 2.